The van der Waals surface area contributed by atoms with E-state index in [1.807, 2.05) is 0 Å². The van der Waals surface area contributed by atoms with E-state index in [1.165, 1.54) is 0 Å². The van der Waals surface area contributed by atoms with E-state index in [0.29, 0.717) is 13.1 Å². The Morgan fingerprint density at radius 2 is 1.84 bits per heavy atom. The van der Waals surface area contributed by atoms with Gasteiger partial charge in [0.05, 0.1) is 0 Å². The van der Waals surface area contributed by atoms with Gasteiger partial charge in [0.1, 0.15) is 11.6 Å². The Labute approximate surface area is 114 Å². The molecular formula is C13H25N3O3. The van der Waals surface area contributed by atoms with Crippen LogP contribution in [0.2, 0.25) is 0 Å². The summed E-state index contributed by atoms with van der Waals surface area (Å²) in [6, 6.07) is -0.401. The molecule has 1 heterocycles. The standard InChI is InChI=1S/C13H25N3O3/c1-9(15-12(18)19-13(2,3)4)11(17)16-7-5-10(14)6-8-16/h9-10H,5-8,14H2,1-4H3,(H,15,18)/t9-/m1/s1. The Kier molecular flexibility index (Phi) is 5.17. The molecule has 6 nitrogen and oxygen atoms in total. The van der Waals surface area contributed by atoms with Crippen LogP contribution in [0, 0.1) is 0 Å². The van der Waals surface area contributed by atoms with Crippen molar-refractivity contribution in [2.24, 2.45) is 5.73 Å². The molecule has 0 aromatic rings. The third-order valence-electron chi connectivity index (χ3n) is 2.95. The molecular weight excluding hydrogens is 246 g/mol. The van der Waals surface area contributed by atoms with E-state index < -0.39 is 17.7 Å². The minimum atomic E-state index is -0.579. The third kappa shape index (κ3) is 5.46. The van der Waals surface area contributed by atoms with E-state index in [-0.39, 0.29) is 11.9 Å². The van der Waals surface area contributed by atoms with Crippen molar-refractivity contribution in [3.8, 4) is 0 Å². The van der Waals surface area contributed by atoms with E-state index in [0.717, 1.165) is 12.8 Å². The second-order valence-corrected chi connectivity index (χ2v) is 6.03. The topological polar surface area (TPSA) is 84.7 Å². The molecule has 0 radical (unpaired) electrons. The van der Waals surface area contributed by atoms with Crippen molar-refractivity contribution >= 4 is 12.0 Å². The zero-order chi connectivity index (χ0) is 14.6. The second kappa shape index (κ2) is 6.23. The van der Waals surface area contributed by atoms with Crippen LogP contribution in [0.25, 0.3) is 0 Å². The number of ether oxygens (including phenoxy) is 1. The Morgan fingerprint density at radius 3 is 2.32 bits per heavy atom. The number of piperidine rings is 1. The van der Waals surface area contributed by atoms with Crippen molar-refractivity contribution in [3.05, 3.63) is 0 Å². The maximum atomic E-state index is 12.1. The predicted molar refractivity (Wildman–Crippen MR) is 72.6 cm³/mol. The molecule has 1 fully saturated rings. The minimum absolute atomic E-state index is 0.0854. The number of rotatable bonds is 2. The van der Waals surface area contributed by atoms with Crippen LogP contribution in [0.1, 0.15) is 40.5 Å². The first-order valence-corrected chi connectivity index (χ1v) is 6.73. The Bertz CT molecular complexity index is 331. The third-order valence-corrected chi connectivity index (χ3v) is 2.95. The van der Waals surface area contributed by atoms with Crippen molar-refractivity contribution in [2.45, 2.75) is 58.2 Å². The van der Waals surface area contributed by atoms with Crippen LogP contribution in [0.3, 0.4) is 0 Å². The average Bonchev–Trinajstić information content (AvgIpc) is 2.26. The Hall–Kier alpha value is -1.30. The molecule has 0 aromatic heterocycles. The van der Waals surface area contributed by atoms with Crippen LogP contribution < -0.4 is 11.1 Å². The molecule has 19 heavy (non-hydrogen) atoms. The molecule has 1 rings (SSSR count). The van der Waals surface area contributed by atoms with Crippen molar-refractivity contribution in [2.75, 3.05) is 13.1 Å². The maximum absolute atomic E-state index is 12.1. The number of carbonyl (C=O) groups excluding carboxylic acids is 2. The summed E-state index contributed by atoms with van der Waals surface area (Å²) in [4.78, 5) is 25.4. The fraction of sp³-hybridized carbons (Fsp3) is 0.846. The summed E-state index contributed by atoms with van der Waals surface area (Å²) in [5.41, 5.74) is 5.23. The van der Waals surface area contributed by atoms with E-state index in [9.17, 15) is 9.59 Å². The lowest BCUT2D eigenvalue weighted by molar-refractivity contribution is -0.134. The predicted octanol–water partition coefficient (Wildman–Crippen LogP) is 0.849. The molecule has 6 heteroatoms. The zero-order valence-corrected chi connectivity index (χ0v) is 12.2. The summed E-state index contributed by atoms with van der Waals surface area (Å²) >= 11 is 0. The van der Waals surface area contributed by atoms with Crippen molar-refractivity contribution in [1.29, 1.82) is 0 Å². The van der Waals surface area contributed by atoms with Gasteiger partial charge in [-0.25, -0.2) is 4.79 Å². The Morgan fingerprint density at radius 1 is 1.32 bits per heavy atom. The number of carbonyl (C=O) groups is 2. The van der Waals surface area contributed by atoms with E-state index in [1.54, 1.807) is 32.6 Å². The summed E-state index contributed by atoms with van der Waals surface area (Å²) in [6.07, 6.45) is 1.05. The van der Waals surface area contributed by atoms with Gasteiger partial charge in [0, 0.05) is 19.1 Å². The van der Waals surface area contributed by atoms with Gasteiger partial charge in [-0.3, -0.25) is 4.79 Å². The highest BCUT2D eigenvalue weighted by molar-refractivity contribution is 5.85. The normalized spacial score (nSPS) is 18.9. The number of amides is 2. The lowest BCUT2D eigenvalue weighted by Crippen LogP contribution is -2.51. The number of alkyl carbamates (subject to hydrolysis) is 1. The molecule has 0 saturated carbocycles. The first kappa shape index (κ1) is 15.8. The van der Waals surface area contributed by atoms with Gasteiger partial charge in [0.2, 0.25) is 5.91 Å². The number of likely N-dealkylation sites (tertiary alicyclic amines) is 1. The zero-order valence-electron chi connectivity index (χ0n) is 12.2. The van der Waals surface area contributed by atoms with Gasteiger partial charge in [0.25, 0.3) is 0 Å². The van der Waals surface area contributed by atoms with Gasteiger partial charge in [-0.1, -0.05) is 0 Å². The summed E-state index contributed by atoms with van der Waals surface area (Å²) in [6.45, 7) is 8.32. The number of hydrogen-bond donors (Lipinski definition) is 2. The van der Waals surface area contributed by atoms with Gasteiger partial charge in [-0.2, -0.15) is 0 Å². The first-order valence-electron chi connectivity index (χ1n) is 6.73. The number of nitrogens with two attached hydrogens (primary N) is 1. The molecule has 1 aliphatic heterocycles. The van der Waals surface area contributed by atoms with Gasteiger partial charge in [0.15, 0.2) is 0 Å². The monoisotopic (exact) mass is 271 g/mol. The van der Waals surface area contributed by atoms with Crippen LogP contribution in [-0.4, -0.2) is 47.7 Å². The van der Waals surface area contributed by atoms with E-state index >= 15 is 0 Å². The van der Waals surface area contributed by atoms with Crippen LogP contribution in [0.15, 0.2) is 0 Å². The molecule has 3 N–H and O–H groups in total. The molecule has 1 aliphatic rings. The highest BCUT2D eigenvalue weighted by Gasteiger charge is 2.26. The van der Waals surface area contributed by atoms with Gasteiger partial charge in [-0.15, -0.1) is 0 Å². The largest absolute Gasteiger partial charge is 0.444 e. The molecule has 0 aliphatic carbocycles. The second-order valence-electron chi connectivity index (χ2n) is 6.03. The fourth-order valence-electron chi connectivity index (χ4n) is 1.94. The van der Waals surface area contributed by atoms with Crippen LogP contribution >= 0.6 is 0 Å². The summed E-state index contributed by atoms with van der Waals surface area (Å²) in [5.74, 6) is -0.0854. The summed E-state index contributed by atoms with van der Waals surface area (Å²) in [7, 11) is 0. The molecule has 0 unspecified atom stereocenters. The quantitative estimate of drug-likeness (QED) is 0.779. The highest BCUT2D eigenvalue weighted by atomic mass is 16.6. The SMILES string of the molecule is C[C@@H](NC(=O)OC(C)(C)C)C(=O)N1CCC(N)CC1. The Balaban J connectivity index is 2.42. The molecule has 110 valence electrons. The van der Waals surface area contributed by atoms with Crippen LogP contribution in [0.5, 0.6) is 0 Å². The van der Waals surface area contributed by atoms with Crippen molar-refractivity contribution < 1.29 is 14.3 Å². The fourth-order valence-corrected chi connectivity index (χ4v) is 1.94. The molecule has 2 amide bonds. The maximum Gasteiger partial charge on any atom is 0.408 e. The number of hydrogen-bond acceptors (Lipinski definition) is 4. The lowest BCUT2D eigenvalue weighted by atomic mass is 10.1. The average molecular weight is 271 g/mol. The van der Waals surface area contributed by atoms with E-state index in [4.69, 9.17) is 10.5 Å². The minimum Gasteiger partial charge on any atom is -0.444 e. The van der Waals surface area contributed by atoms with Crippen LogP contribution in [-0.2, 0) is 9.53 Å². The highest BCUT2D eigenvalue weighted by Crippen LogP contribution is 2.10. The summed E-state index contributed by atoms with van der Waals surface area (Å²) in [5, 5.41) is 2.56. The van der Waals surface area contributed by atoms with Gasteiger partial charge in [-0.05, 0) is 40.5 Å². The first-order chi connectivity index (χ1) is 8.69. The van der Waals surface area contributed by atoms with Gasteiger partial charge < -0.3 is 20.7 Å². The van der Waals surface area contributed by atoms with Gasteiger partial charge >= 0.3 is 6.09 Å². The molecule has 0 aromatic carbocycles. The van der Waals surface area contributed by atoms with Crippen molar-refractivity contribution in [3.63, 3.8) is 0 Å². The molecule has 1 saturated heterocycles. The van der Waals surface area contributed by atoms with Crippen molar-refractivity contribution in [1.82, 2.24) is 10.2 Å². The molecule has 1 atom stereocenters. The number of nitrogens with zero attached hydrogens (tertiary/aromatic N) is 1. The summed E-state index contributed by atoms with van der Waals surface area (Å²) < 4.78 is 5.12. The molecule has 0 bridgehead atoms. The number of nitrogens with one attached hydrogen (secondary N) is 1. The molecule has 0 spiro atoms. The van der Waals surface area contributed by atoms with Crippen LogP contribution in [0.4, 0.5) is 4.79 Å². The van der Waals surface area contributed by atoms with E-state index in [2.05, 4.69) is 5.32 Å². The smallest absolute Gasteiger partial charge is 0.408 e. The lowest BCUT2D eigenvalue weighted by Gasteiger charge is -2.32.